The van der Waals surface area contributed by atoms with E-state index in [1.807, 2.05) is 0 Å². The van der Waals surface area contributed by atoms with E-state index in [2.05, 4.69) is 30.8 Å². The molecular formula is C12H15N7O2S. The van der Waals surface area contributed by atoms with Crippen molar-refractivity contribution in [1.29, 1.82) is 0 Å². The van der Waals surface area contributed by atoms with Crippen LogP contribution >= 0.6 is 11.8 Å². The lowest BCUT2D eigenvalue weighted by Gasteiger charge is -2.04. The number of carbonyl (C=O) groups is 1. The number of rotatable bonds is 6. The van der Waals surface area contributed by atoms with Crippen LogP contribution in [0.3, 0.4) is 0 Å². The van der Waals surface area contributed by atoms with Gasteiger partial charge in [-0.1, -0.05) is 11.8 Å². The van der Waals surface area contributed by atoms with Gasteiger partial charge in [0, 0.05) is 31.5 Å². The minimum absolute atomic E-state index is 0.0368. The summed E-state index contributed by atoms with van der Waals surface area (Å²) in [5.41, 5.74) is -0.353. The monoisotopic (exact) mass is 321 g/mol. The number of nitrogens with one attached hydrogen (secondary N) is 2. The van der Waals surface area contributed by atoms with E-state index < -0.39 is 5.91 Å². The van der Waals surface area contributed by atoms with Crippen molar-refractivity contribution in [2.75, 3.05) is 12.3 Å². The number of aryl methyl sites for hydroxylation is 1. The van der Waals surface area contributed by atoms with Crippen LogP contribution in [0.1, 0.15) is 34.9 Å². The molecule has 0 spiro atoms. The molecule has 0 bridgehead atoms. The Bertz CT molecular complexity index is 737. The molecular weight excluding hydrogens is 306 g/mol. The topological polar surface area (TPSA) is 118 Å². The van der Waals surface area contributed by atoms with Gasteiger partial charge in [-0.3, -0.25) is 9.59 Å². The Morgan fingerprint density at radius 2 is 2.36 bits per heavy atom. The fraction of sp³-hybridized carbons (Fsp3) is 0.500. The highest BCUT2D eigenvalue weighted by Gasteiger charge is 2.26. The van der Waals surface area contributed by atoms with Crippen LogP contribution in [-0.2, 0) is 7.05 Å². The lowest BCUT2D eigenvalue weighted by molar-refractivity contribution is 0.0954. The van der Waals surface area contributed by atoms with E-state index in [-0.39, 0.29) is 11.1 Å². The first-order valence-corrected chi connectivity index (χ1v) is 7.86. The average Bonchev–Trinajstić information content (AvgIpc) is 3.27. The van der Waals surface area contributed by atoms with Crippen LogP contribution in [0.2, 0.25) is 0 Å². The van der Waals surface area contributed by atoms with E-state index in [9.17, 15) is 9.59 Å². The van der Waals surface area contributed by atoms with Gasteiger partial charge in [-0.05, 0) is 23.3 Å². The van der Waals surface area contributed by atoms with Crippen molar-refractivity contribution < 1.29 is 4.79 Å². The van der Waals surface area contributed by atoms with Crippen molar-refractivity contribution in [3.63, 3.8) is 0 Å². The van der Waals surface area contributed by atoms with Gasteiger partial charge >= 0.3 is 0 Å². The maximum Gasteiger partial charge on any atom is 0.263 e. The molecule has 3 rings (SSSR count). The number of hydrogen-bond donors (Lipinski definition) is 2. The van der Waals surface area contributed by atoms with Crippen LogP contribution in [0.4, 0.5) is 0 Å². The van der Waals surface area contributed by atoms with E-state index in [4.69, 9.17) is 0 Å². The molecule has 1 saturated carbocycles. The van der Waals surface area contributed by atoms with Crippen LogP contribution in [-0.4, -0.2) is 48.4 Å². The summed E-state index contributed by atoms with van der Waals surface area (Å²) in [6.45, 7) is 0.403. The van der Waals surface area contributed by atoms with E-state index in [1.165, 1.54) is 18.0 Å². The van der Waals surface area contributed by atoms with Gasteiger partial charge < -0.3 is 10.3 Å². The first-order valence-electron chi connectivity index (χ1n) is 6.87. The van der Waals surface area contributed by atoms with Crippen LogP contribution in [0.5, 0.6) is 0 Å². The summed E-state index contributed by atoms with van der Waals surface area (Å²) >= 11 is 1.42. The summed E-state index contributed by atoms with van der Waals surface area (Å²) in [7, 11) is 1.74. The predicted molar refractivity (Wildman–Crippen MR) is 78.7 cm³/mol. The third-order valence-corrected chi connectivity index (χ3v) is 4.24. The highest BCUT2D eigenvalue weighted by molar-refractivity contribution is 7.99. The smallest absolute Gasteiger partial charge is 0.263 e. The largest absolute Gasteiger partial charge is 0.351 e. The summed E-state index contributed by atoms with van der Waals surface area (Å²) in [5.74, 6) is 1.20. The molecule has 1 aliphatic rings. The summed E-state index contributed by atoms with van der Waals surface area (Å²) in [4.78, 5) is 30.7. The second kappa shape index (κ2) is 6.26. The second-order valence-electron chi connectivity index (χ2n) is 4.97. The average molecular weight is 321 g/mol. The van der Waals surface area contributed by atoms with Gasteiger partial charge in [-0.25, -0.2) is 9.67 Å². The van der Waals surface area contributed by atoms with Crippen molar-refractivity contribution in [2.45, 2.75) is 23.9 Å². The first kappa shape index (κ1) is 14.7. The third kappa shape index (κ3) is 3.32. The first-order chi connectivity index (χ1) is 10.6. The standard InChI is InChI=1S/C12H15N7O2S/c1-19-12(16-17-18-19)22-5-4-13-10(20)8-6-14-9(7-2-3-7)15-11(8)21/h6-7H,2-5H2,1H3,(H,13,20)(H,14,15,21). The Labute approximate surface area is 129 Å². The zero-order valence-corrected chi connectivity index (χ0v) is 12.8. The van der Waals surface area contributed by atoms with E-state index in [0.29, 0.717) is 29.2 Å². The van der Waals surface area contributed by atoms with Crippen LogP contribution in [0.25, 0.3) is 0 Å². The number of hydrogen-bond acceptors (Lipinski definition) is 7. The quantitative estimate of drug-likeness (QED) is 0.553. The van der Waals surface area contributed by atoms with E-state index in [0.717, 1.165) is 12.8 Å². The van der Waals surface area contributed by atoms with Crippen LogP contribution in [0.15, 0.2) is 16.1 Å². The van der Waals surface area contributed by atoms with Crippen molar-refractivity contribution >= 4 is 17.7 Å². The third-order valence-electron chi connectivity index (χ3n) is 3.23. The molecule has 1 amide bonds. The molecule has 10 heteroatoms. The molecule has 22 heavy (non-hydrogen) atoms. The summed E-state index contributed by atoms with van der Waals surface area (Å²) in [6, 6.07) is 0. The van der Waals surface area contributed by atoms with Crippen LogP contribution < -0.4 is 10.9 Å². The molecule has 0 aromatic carbocycles. The minimum Gasteiger partial charge on any atom is -0.351 e. The number of tetrazole rings is 1. The van der Waals surface area contributed by atoms with Gasteiger partial charge in [0.1, 0.15) is 11.4 Å². The number of carbonyl (C=O) groups excluding carboxylic acids is 1. The number of H-pyrrole nitrogens is 1. The van der Waals surface area contributed by atoms with Gasteiger partial charge in [-0.15, -0.1) is 5.10 Å². The number of thioether (sulfide) groups is 1. The molecule has 2 N–H and O–H groups in total. The van der Waals surface area contributed by atoms with Crippen molar-refractivity contribution in [2.24, 2.45) is 7.05 Å². The normalized spacial score (nSPS) is 14.0. The Morgan fingerprint density at radius 3 is 3.00 bits per heavy atom. The van der Waals surface area contributed by atoms with Gasteiger partial charge in [0.2, 0.25) is 5.16 Å². The lowest BCUT2D eigenvalue weighted by atomic mass is 10.3. The molecule has 0 unspecified atom stereocenters. The molecule has 9 nitrogen and oxygen atoms in total. The Morgan fingerprint density at radius 1 is 1.55 bits per heavy atom. The second-order valence-corrected chi connectivity index (χ2v) is 6.04. The molecule has 2 heterocycles. The molecule has 2 aromatic rings. The molecule has 2 aromatic heterocycles. The van der Waals surface area contributed by atoms with E-state index >= 15 is 0 Å². The maximum atomic E-state index is 12.0. The van der Waals surface area contributed by atoms with Gasteiger partial charge in [0.25, 0.3) is 11.5 Å². The van der Waals surface area contributed by atoms with Gasteiger partial charge in [-0.2, -0.15) is 0 Å². The fourth-order valence-corrected chi connectivity index (χ4v) is 2.58. The molecule has 1 fully saturated rings. The number of nitrogens with zero attached hydrogens (tertiary/aromatic N) is 5. The Hall–Kier alpha value is -2.23. The zero-order chi connectivity index (χ0) is 15.5. The molecule has 0 saturated heterocycles. The lowest BCUT2D eigenvalue weighted by Crippen LogP contribution is -2.31. The molecule has 0 aliphatic heterocycles. The highest BCUT2D eigenvalue weighted by atomic mass is 32.2. The maximum absolute atomic E-state index is 12.0. The van der Waals surface area contributed by atoms with Crippen LogP contribution in [0, 0.1) is 0 Å². The number of amides is 1. The minimum atomic E-state index is -0.423. The highest BCUT2D eigenvalue weighted by Crippen LogP contribution is 2.37. The van der Waals surface area contributed by atoms with Crippen molar-refractivity contribution in [1.82, 2.24) is 35.5 Å². The fourth-order valence-electron chi connectivity index (χ4n) is 1.88. The van der Waals surface area contributed by atoms with Gasteiger partial charge in [0.15, 0.2) is 0 Å². The molecule has 0 radical (unpaired) electrons. The Kier molecular flexibility index (Phi) is 4.18. The number of aromatic amines is 1. The summed E-state index contributed by atoms with van der Waals surface area (Å²) in [6.07, 6.45) is 3.44. The summed E-state index contributed by atoms with van der Waals surface area (Å²) in [5, 5.41) is 14.4. The zero-order valence-electron chi connectivity index (χ0n) is 11.9. The Balaban J connectivity index is 1.51. The van der Waals surface area contributed by atoms with E-state index in [1.54, 1.807) is 11.7 Å². The molecule has 1 aliphatic carbocycles. The van der Waals surface area contributed by atoms with Crippen molar-refractivity contribution in [3.05, 3.63) is 27.9 Å². The molecule has 0 atom stereocenters. The summed E-state index contributed by atoms with van der Waals surface area (Å²) < 4.78 is 1.55. The SMILES string of the molecule is Cn1nnnc1SCCNC(=O)c1cnc(C2CC2)[nH]c1=O. The van der Waals surface area contributed by atoms with Crippen molar-refractivity contribution in [3.8, 4) is 0 Å². The predicted octanol–water partition coefficient (Wildman–Crippen LogP) is -0.307. The number of aromatic nitrogens is 6. The van der Waals surface area contributed by atoms with Gasteiger partial charge in [0.05, 0.1) is 0 Å². The molecule has 116 valence electrons.